The molecule has 0 spiro atoms. The average molecular weight is 176 g/mol. The highest BCUT2D eigenvalue weighted by Crippen LogP contribution is 2.32. The number of hydrogen-bond acceptors (Lipinski definition) is 2. The lowest BCUT2D eigenvalue weighted by Gasteiger charge is -2.02. The Morgan fingerprint density at radius 1 is 1.46 bits per heavy atom. The van der Waals surface area contributed by atoms with Gasteiger partial charge in [0.2, 0.25) is 5.91 Å². The minimum atomic E-state index is 0.119. The van der Waals surface area contributed by atoms with Crippen LogP contribution in [0.2, 0.25) is 0 Å². The SMILES string of the molecule is O=C(CC1CC1)Nc1ccncc1. The molecule has 1 fully saturated rings. The molecular weight excluding hydrogens is 164 g/mol. The number of amides is 1. The molecule has 0 aromatic carbocycles. The molecule has 1 N–H and O–H groups in total. The Bertz CT molecular complexity index is 293. The summed E-state index contributed by atoms with van der Waals surface area (Å²) in [7, 11) is 0. The molecule has 1 aromatic heterocycles. The van der Waals surface area contributed by atoms with Crippen LogP contribution < -0.4 is 5.32 Å². The van der Waals surface area contributed by atoms with Gasteiger partial charge in [-0.15, -0.1) is 0 Å². The Morgan fingerprint density at radius 3 is 2.77 bits per heavy atom. The third-order valence-corrected chi connectivity index (χ3v) is 2.14. The van der Waals surface area contributed by atoms with E-state index < -0.39 is 0 Å². The minimum Gasteiger partial charge on any atom is -0.326 e. The largest absolute Gasteiger partial charge is 0.326 e. The number of anilines is 1. The number of nitrogens with zero attached hydrogens (tertiary/aromatic N) is 1. The van der Waals surface area contributed by atoms with Gasteiger partial charge >= 0.3 is 0 Å². The van der Waals surface area contributed by atoms with Gasteiger partial charge < -0.3 is 5.32 Å². The Kier molecular flexibility index (Phi) is 2.25. The molecule has 1 aliphatic rings. The van der Waals surface area contributed by atoms with E-state index in [0.717, 1.165) is 5.69 Å². The fraction of sp³-hybridized carbons (Fsp3) is 0.400. The molecule has 0 saturated heterocycles. The smallest absolute Gasteiger partial charge is 0.224 e. The monoisotopic (exact) mass is 176 g/mol. The predicted octanol–water partition coefficient (Wildman–Crippen LogP) is 1.82. The first kappa shape index (κ1) is 8.23. The molecule has 0 radical (unpaired) electrons. The number of nitrogens with one attached hydrogen (secondary N) is 1. The quantitative estimate of drug-likeness (QED) is 0.763. The van der Waals surface area contributed by atoms with Crippen LogP contribution in [0.3, 0.4) is 0 Å². The lowest BCUT2D eigenvalue weighted by molar-refractivity contribution is -0.116. The van der Waals surface area contributed by atoms with Crippen molar-refractivity contribution in [3.8, 4) is 0 Å². The normalized spacial score (nSPS) is 15.4. The number of rotatable bonds is 3. The molecule has 0 bridgehead atoms. The van der Waals surface area contributed by atoms with Crippen molar-refractivity contribution in [2.75, 3.05) is 5.32 Å². The van der Waals surface area contributed by atoms with Crippen LogP contribution >= 0.6 is 0 Å². The first-order valence-corrected chi connectivity index (χ1v) is 4.54. The van der Waals surface area contributed by atoms with Gasteiger partial charge in [0, 0.05) is 24.5 Å². The number of aromatic nitrogens is 1. The number of hydrogen-bond donors (Lipinski definition) is 1. The summed E-state index contributed by atoms with van der Waals surface area (Å²) in [5.41, 5.74) is 0.834. The number of carbonyl (C=O) groups is 1. The van der Waals surface area contributed by atoms with E-state index in [1.54, 1.807) is 24.5 Å². The van der Waals surface area contributed by atoms with Gasteiger partial charge in [-0.3, -0.25) is 9.78 Å². The minimum absolute atomic E-state index is 0.119. The van der Waals surface area contributed by atoms with E-state index >= 15 is 0 Å². The molecule has 0 aliphatic heterocycles. The van der Waals surface area contributed by atoms with Crippen molar-refractivity contribution in [1.82, 2.24) is 4.98 Å². The van der Waals surface area contributed by atoms with Crippen LogP contribution in [-0.2, 0) is 4.79 Å². The highest BCUT2D eigenvalue weighted by Gasteiger charge is 2.24. The second-order valence-corrected chi connectivity index (χ2v) is 3.43. The molecular formula is C10H12N2O. The summed E-state index contributed by atoms with van der Waals surface area (Å²) in [4.78, 5) is 15.2. The first-order chi connectivity index (χ1) is 6.34. The summed E-state index contributed by atoms with van der Waals surface area (Å²) in [5.74, 6) is 0.760. The molecule has 1 heterocycles. The lowest BCUT2D eigenvalue weighted by atomic mass is 10.3. The van der Waals surface area contributed by atoms with E-state index in [1.807, 2.05) is 0 Å². The lowest BCUT2D eigenvalue weighted by Crippen LogP contribution is -2.11. The molecule has 1 saturated carbocycles. The second-order valence-electron chi connectivity index (χ2n) is 3.43. The Labute approximate surface area is 77.2 Å². The highest BCUT2D eigenvalue weighted by atomic mass is 16.1. The average Bonchev–Trinajstić information content (AvgIpc) is 2.90. The molecule has 13 heavy (non-hydrogen) atoms. The van der Waals surface area contributed by atoms with Crippen LogP contribution in [-0.4, -0.2) is 10.9 Å². The molecule has 2 rings (SSSR count). The predicted molar refractivity (Wildman–Crippen MR) is 50.2 cm³/mol. The van der Waals surface area contributed by atoms with Crippen molar-refractivity contribution in [2.24, 2.45) is 5.92 Å². The zero-order valence-corrected chi connectivity index (χ0v) is 7.36. The van der Waals surface area contributed by atoms with Gasteiger partial charge in [-0.05, 0) is 30.9 Å². The second kappa shape index (κ2) is 3.56. The van der Waals surface area contributed by atoms with Crippen LogP contribution in [0.15, 0.2) is 24.5 Å². The van der Waals surface area contributed by atoms with Crippen LogP contribution in [0, 0.1) is 5.92 Å². The maximum atomic E-state index is 11.3. The summed E-state index contributed by atoms with van der Waals surface area (Å²) in [6.07, 6.45) is 6.44. The highest BCUT2D eigenvalue weighted by molar-refractivity contribution is 5.90. The van der Waals surface area contributed by atoms with Gasteiger partial charge in [-0.1, -0.05) is 0 Å². The molecule has 3 nitrogen and oxygen atoms in total. The standard InChI is InChI=1S/C10H12N2O/c13-10(7-8-1-2-8)12-9-3-5-11-6-4-9/h3-6,8H,1-2,7H2,(H,11,12,13). The Hall–Kier alpha value is -1.38. The van der Waals surface area contributed by atoms with Gasteiger partial charge in [-0.2, -0.15) is 0 Å². The van der Waals surface area contributed by atoms with E-state index in [-0.39, 0.29) is 5.91 Å². The summed E-state index contributed by atoms with van der Waals surface area (Å²) in [6, 6.07) is 3.59. The van der Waals surface area contributed by atoms with Crippen molar-refractivity contribution in [1.29, 1.82) is 0 Å². The summed E-state index contributed by atoms with van der Waals surface area (Å²) < 4.78 is 0. The Morgan fingerprint density at radius 2 is 2.15 bits per heavy atom. The van der Waals surface area contributed by atoms with Crippen molar-refractivity contribution in [2.45, 2.75) is 19.3 Å². The van der Waals surface area contributed by atoms with Gasteiger partial charge in [-0.25, -0.2) is 0 Å². The van der Waals surface area contributed by atoms with Crippen molar-refractivity contribution >= 4 is 11.6 Å². The zero-order chi connectivity index (χ0) is 9.10. The molecule has 1 aliphatic carbocycles. The first-order valence-electron chi connectivity index (χ1n) is 4.54. The fourth-order valence-electron chi connectivity index (χ4n) is 1.23. The number of carbonyl (C=O) groups excluding carboxylic acids is 1. The van der Waals surface area contributed by atoms with Crippen LogP contribution in [0.5, 0.6) is 0 Å². The van der Waals surface area contributed by atoms with E-state index in [1.165, 1.54) is 12.8 Å². The van der Waals surface area contributed by atoms with E-state index in [2.05, 4.69) is 10.3 Å². The van der Waals surface area contributed by atoms with E-state index in [0.29, 0.717) is 12.3 Å². The van der Waals surface area contributed by atoms with Crippen LogP contribution in [0.1, 0.15) is 19.3 Å². The molecule has 1 amide bonds. The topological polar surface area (TPSA) is 42.0 Å². The number of pyridine rings is 1. The van der Waals surface area contributed by atoms with Crippen LogP contribution in [0.25, 0.3) is 0 Å². The molecule has 68 valence electrons. The zero-order valence-electron chi connectivity index (χ0n) is 7.36. The van der Waals surface area contributed by atoms with Crippen molar-refractivity contribution < 1.29 is 4.79 Å². The van der Waals surface area contributed by atoms with Crippen LogP contribution in [0.4, 0.5) is 5.69 Å². The van der Waals surface area contributed by atoms with E-state index in [9.17, 15) is 4.79 Å². The molecule has 0 atom stereocenters. The van der Waals surface area contributed by atoms with Gasteiger partial charge in [0.15, 0.2) is 0 Å². The summed E-state index contributed by atoms with van der Waals surface area (Å²) in [5, 5.41) is 2.83. The van der Waals surface area contributed by atoms with Gasteiger partial charge in [0.05, 0.1) is 0 Å². The molecule has 3 heteroatoms. The fourth-order valence-corrected chi connectivity index (χ4v) is 1.23. The maximum Gasteiger partial charge on any atom is 0.224 e. The van der Waals surface area contributed by atoms with Gasteiger partial charge in [0.25, 0.3) is 0 Å². The Balaban J connectivity index is 1.86. The molecule has 1 aromatic rings. The summed E-state index contributed by atoms with van der Waals surface area (Å²) in [6.45, 7) is 0. The van der Waals surface area contributed by atoms with Crippen molar-refractivity contribution in [3.05, 3.63) is 24.5 Å². The van der Waals surface area contributed by atoms with Crippen molar-refractivity contribution in [3.63, 3.8) is 0 Å². The summed E-state index contributed by atoms with van der Waals surface area (Å²) >= 11 is 0. The van der Waals surface area contributed by atoms with E-state index in [4.69, 9.17) is 0 Å². The molecule has 0 unspecified atom stereocenters. The maximum absolute atomic E-state index is 11.3. The van der Waals surface area contributed by atoms with Gasteiger partial charge in [0.1, 0.15) is 0 Å². The third kappa shape index (κ3) is 2.54. The third-order valence-electron chi connectivity index (χ3n) is 2.14.